The number of ether oxygens (including phenoxy) is 1. The molecule has 2 heterocycles. The van der Waals surface area contributed by atoms with Crippen LogP contribution in [0.25, 0.3) is 11.0 Å². The van der Waals surface area contributed by atoms with Gasteiger partial charge >= 0.3 is 0 Å². The molecule has 25 heavy (non-hydrogen) atoms. The highest BCUT2D eigenvalue weighted by molar-refractivity contribution is 7.79. The number of fused-ring (bicyclic) bond motifs is 1. The van der Waals surface area contributed by atoms with Crippen LogP contribution >= 0.6 is 12.6 Å². The molecule has 5 nitrogen and oxygen atoms in total. The highest BCUT2D eigenvalue weighted by atomic mass is 32.1. The molecule has 0 amide bonds. The Morgan fingerprint density at radius 3 is 2.52 bits per heavy atom. The number of aromatic amines is 1. The fraction of sp³-hybridized carbons (Fsp3) is 0.368. The Kier molecular flexibility index (Phi) is 9.65. The molecule has 3 rings (SSSR count). The molecule has 0 unspecified atom stereocenters. The maximum Gasteiger partial charge on any atom is 0.133 e. The fourth-order valence-electron chi connectivity index (χ4n) is 2.11. The van der Waals surface area contributed by atoms with E-state index in [1.54, 1.807) is 6.20 Å². The summed E-state index contributed by atoms with van der Waals surface area (Å²) < 4.78 is 5.41. The minimum Gasteiger partial charge on any atom is -0.493 e. The van der Waals surface area contributed by atoms with Crippen molar-refractivity contribution in [1.29, 1.82) is 0 Å². The average Bonchev–Trinajstić information content (AvgIpc) is 3.09. The highest BCUT2D eigenvalue weighted by Gasteiger charge is 2.03. The molecule has 0 aliphatic carbocycles. The van der Waals surface area contributed by atoms with Gasteiger partial charge in [0.25, 0.3) is 0 Å². The number of aliphatic hydroxyl groups excluding tert-OH is 1. The number of imidazole rings is 1. The summed E-state index contributed by atoms with van der Waals surface area (Å²) in [5.41, 5.74) is 3.95. The van der Waals surface area contributed by atoms with Gasteiger partial charge in [-0.25, -0.2) is 4.98 Å². The summed E-state index contributed by atoms with van der Waals surface area (Å²) in [4.78, 5) is 11.3. The van der Waals surface area contributed by atoms with Gasteiger partial charge in [0.1, 0.15) is 18.2 Å². The van der Waals surface area contributed by atoms with Crippen LogP contribution in [0.3, 0.4) is 0 Å². The minimum atomic E-state index is -0.0331. The Bertz CT molecular complexity index is 726. The number of thiol groups is 1. The van der Waals surface area contributed by atoms with Crippen LogP contribution in [0.2, 0.25) is 0 Å². The normalized spacial score (nSPS) is 9.68. The third kappa shape index (κ3) is 6.07. The second-order valence-corrected chi connectivity index (χ2v) is 5.15. The molecular weight excluding hydrogens is 334 g/mol. The van der Waals surface area contributed by atoms with E-state index in [0.717, 1.165) is 28.0 Å². The van der Waals surface area contributed by atoms with Crippen molar-refractivity contribution in [3.05, 3.63) is 53.6 Å². The minimum absolute atomic E-state index is 0.0331. The van der Waals surface area contributed by atoms with Crippen molar-refractivity contribution in [2.24, 2.45) is 0 Å². The zero-order chi connectivity index (χ0) is 18.7. The molecule has 0 spiro atoms. The lowest BCUT2D eigenvalue weighted by Crippen LogP contribution is -1.98. The second-order valence-electron chi connectivity index (χ2n) is 4.83. The maximum atomic E-state index is 8.74. The third-order valence-electron chi connectivity index (χ3n) is 3.30. The number of para-hydroxylation sites is 2. The van der Waals surface area contributed by atoms with Crippen LogP contribution in [0.5, 0.6) is 5.75 Å². The number of pyridine rings is 1. The molecule has 0 saturated heterocycles. The number of rotatable bonds is 4. The summed E-state index contributed by atoms with van der Waals surface area (Å²) in [7, 11) is 0. The van der Waals surface area contributed by atoms with Crippen LogP contribution in [0, 0.1) is 6.92 Å². The maximum absolute atomic E-state index is 8.74. The Morgan fingerprint density at radius 2 is 1.92 bits per heavy atom. The smallest absolute Gasteiger partial charge is 0.133 e. The van der Waals surface area contributed by atoms with Crippen molar-refractivity contribution < 1.29 is 9.84 Å². The average molecular weight is 362 g/mol. The lowest BCUT2D eigenvalue weighted by Gasteiger charge is -2.08. The van der Waals surface area contributed by atoms with Crippen LogP contribution in [-0.2, 0) is 12.4 Å². The molecule has 136 valence electrons. The SMILES string of the molecule is CC.CCOc1ccnc(CS)c1C.OCc1nc2ccccc2[nH]1. The van der Waals surface area contributed by atoms with E-state index in [4.69, 9.17) is 9.84 Å². The summed E-state index contributed by atoms with van der Waals surface area (Å²) in [5.74, 6) is 2.19. The molecule has 1 aromatic carbocycles. The van der Waals surface area contributed by atoms with Gasteiger partial charge in [-0.2, -0.15) is 12.6 Å². The Balaban J connectivity index is 0.000000228. The molecule has 6 heteroatoms. The molecule has 0 fully saturated rings. The fourth-order valence-corrected chi connectivity index (χ4v) is 2.43. The van der Waals surface area contributed by atoms with Crippen molar-refractivity contribution in [3.8, 4) is 5.75 Å². The third-order valence-corrected chi connectivity index (χ3v) is 3.60. The van der Waals surface area contributed by atoms with Crippen LogP contribution in [0.15, 0.2) is 36.5 Å². The van der Waals surface area contributed by atoms with E-state index < -0.39 is 0 Å². The predicted molar refractivity (Wildman–Crippen MR) is 106 cm³/mol. The first kappa shape index (κ1) is 21.0. The summed E-state index contributed by atoms with van der Waals surface area (Å²) in [5, 5.41) is 8.74. The van der Waals surface area contributed by atoms with Gasteiger partial charge < -0.3 is 14.8 Å². The Morgan fingerprint density at radius 1 is 1.20 bits per heavy atom. The number of nitrogens with one attached hydrogen (secondary N) is 1. The van der Waals surface area contributed by atoms with Crippen LogP contribution in [-0.4, -0.2) is 26.7 Å². The van der Waals surface area contributed by atoms with Crippen molar-refractivity contribution >= 4 is 23.7 Å². The van der Waals surface area contributed by atoms with E-state index in [-0.39, 0.29) is 6.61 Å². The summed E-state index contributed by atoms with van der Waals surface area (Å²) in [6, 6.07) is 9.57. The first-order chi connectivity index (χ1) is 12.2. The van der Waals surface area contributed by atoms with Gasteiger partial charge in [0.05, 0.1) is 23.3 Å². The number of hydrogen-bond donors (Lipinski definition) is 3. The predicted octanol–water partition coefficient (Wildman–Crippen LogP) is 4.30. The quantitative estimate of drug-likeness (QED) is 0.606. The van der Waals surface area contributed by atoms with E-state index in [9.17, 15) is 0 Å². The molecule has 0 aliphatic rings. The largest absolute Gasteiger partial charge is 0.493 e. The summed E-state index contributed by atoms with van der Waals surface area (Å²) in [6.45, 7) is 8.63. The van der Waals surface area contributed by atoms with E-state index in [1.165, 1.54) is 0 Å². The highest BCUT2D eigenvalue weighted by Crippen LogP contribution is 2.20. The number of aliphatic hydroxyl groups is 1. The van der Waals surface area contributed by atoms with Gasteiger partial charge in [-0.3, -0.25) is 4.98 Å². The molecule has 0 radical (unpaired) electrons. The molecule has 0 bridgehead atoms. The molecule has 0 saturated carbocycles. The van der Waals surface area contributed by atoms with Gasteiger partial charge in [0.15, 0.2) is 0 Å². The number of benzene rings is 1. The lowest BCUT2D eigenvalue weighted by atomic mass is 10.2. The first-order valence-electron chi connectivity index (χ1n) is 8.42. The Hall–Kier alpha value is -2.05. The van der Waals surface area contributed by atoms with Gasteiger partial charge in [0, 0.05) is 17.5 Å². The summed E-state index contributed by atoms with van der Waals surface area (Å²) >= 11 is 4.18. The number of nitrogens with zero attached hydrogens (tertiary/aromatic N) is 2. The topological polar surface area (TPSA) is 71.0 Å². The van der Waals surface area contributed by atoms with E-state index in [0.29, 0.717) is 18.2 Å². The number of aromatic nitrogens is 3. The van der Waals surface area contributed by atoms with Crippen LogP contribution in [0.4, 0.5) is 0 Å². The van der Waals surface area contributed by atoms with Crippen LogP contribution in [0.1, 0.15) is 37.9 Å². The van der Waals surface area contributed by atoms with Gasteiger partial charge in [0.2, 0.25) is 0 Å². The first-order valence-corrected chi connectivity index (χ1v) is 9.05. The lowest BCUT2D eigenvalue weighted by molar-refractivity contribution is 0.273. The molecule has 2 N–H and O–H groups in total. The molecule has 3 aromatic rings. The number of H-pyrrole nitrogens is 1. The van der Waals surface area contributed by atoms with Gasteiger partial charge in [-0.1, -0.05) is 26.0 Å². The van der Waals surface area contributed by atoms with Gasteiger partial charge in [-0.05, 0) is 32.0 Å². The number of hydrogen-bond acceptors (Lipinski definition) is 5. The second kappa shape index (κ2) is 11.5. The zero-order valence-electron chi connectivity index (χ0n) is 15.3. The van der Waals surface area contributed by atoms with Crippen LogP contribution < -0.4 is 4.74 Å². The van der Waals surface area contributed by atoms with Crippen molar-refractivity contribution in [3.63, 3.8) is 0 Å². The molecule has 0 atom stereocenters. The zero-order valence-corrected chi connectivity index (χ0v) is 16.2. The molecule has 2 aromatic heterocycles. The Labute approximate surface area is 154 Å². The molecular formula is C19H27N3O2S. The van der Waals surface area contributed by atoms with E-state index >= 15 is 0 Å². The van der Waals surface area contributed by atoms with Crippen molar-refractivity contribution in [1.82, 2.24) is 15.0 Å². The standard InChI is InChI=1S/C9H13NOS.C8H8N2O.C2H6/c1-3-11-9-4-5-10-8(6-12)7(9)2;11-5-8-9-6-3-1-2-4-7(6)10-8;1-2/h4-5,12H,3,6H2,1-2H3;1-4,11H,5H2,(H,9,10);1-2H3. The van der Waals surface area contributed by atoms with Gasteiger partial charge in [-0.15, -0.1) is 0 Å². The molecule has 0 aliphatic heterocycles. The van der Waals surface area contributed by atoms with Crippen molar-refractivity contribution in [2.75, 3.05) is 6.61 Å². The van der Waals surface area contributed by atoms with Crippen molar-refractivity contribution in [2.45, 2.75) is 40.1 Å². The summed E-state index contributed by atoms with van der Waals surface area (Å²) in [6.07, 6.45) is 1.75. The van der Waals surface area contributed by atoms with E-state index in [1.807, 2.05) is 58.0 Å². The monoisotopic (exact) mass is 361 g/mol. The van der Waals surface area contributed by atoms with E-state index in [2.05, 4.69) is 27.6 Å².